The Labute approximate surface area is 219 Å². The van der Waals surface area contributed by atoms with Crippen molar-refractivity contribution < 1.29 is 9.59 Å². The molecule has 1 aliphatic carbocycles. The molecule has 0 aromatic heterocycles. The lowest BCUT2D eigenvalue weighted by molar-refractivity contribution is -0.141. The molecule has 5 heteroatoms. The van der Waals surface area contributed by atoms with E-state index in [0.717, 1.165) is 53.5 Å². The summed E-state index contributed by atoms with van der Waals surface area (Å²) in [5, 5.41) is 3.87. The van der Waals surface area contributed by atoms with E-state index in [4.69, 9.17) is 11.6 Å². The lowest BCUT2D eigenvalue weighted by Crippen LogP contribution is -2.52. The Hall–Kier alpha value is -3.11. The Kier molecular flexibility index (Phi) is 8.82. The number of hydrogen-bond donors (Lipinski definition) is 1. The van der Waals surface area contributed by atoms with Gasteiger partial charge in [-0.15, -0.1) is 0 Å². The highest BCUT2D eigenvalue weighted by molar-refractivity contribution is 6.30. The maximum Gasteiger partial charge on any atom is 0.243 e. The normalized spacial score (nSPS) is 14.4. The van der Waals surface area contributed by atoms with Gasteiger partial charge in [-0.3, -0.25) is 9.59 Å². The summed E-state index contributed by atoms with van der Waals surface area (Å²) >= 11 is 6.28. The van der Waals surface area contributed by atoms with Gasteiger partial charge in [0.15, 0.2) is 0 Å². The standard InChI is InChI=1S/C31H35ClN2O2/c1-22-15-16-23(2)26(17-22)20-30(35)34(21-25-11-8-12-27(32)18-25)29(19-24-9-4-3-5-10-24)31(36)33-28-13-6-7-14-28/h3-5,8-12,15-18,28-29H,6-7,13-14,19-21H2,1-2H3,(H,33,36)/t29-/m0/s1. The number of nitrogens with zero attached hydrogens (tertiary/aromatic N) is 1. The van der Waals surface area contributed by atoms with Gasteiger partial charge in [-0.25, -0.2) is 0 Å². The first kappa shape index (κ1) is 26.0. The number of nitrogens with one attached hydrogen (secondary N) is 1. The summed E-state index contributed by atoms with van der Waals surface area (Å²) in [6, 6.07) is 23.2. The molecule has 4 rings (SSSR count). The van der Waals surface area contributed by atoms with Crippen LogP contribution in [0.4, 0.5) is 0 Å². The van der Waals surface area contributed by atoms with E-state index in [1.165, 1.54) is 0 Å². The van der Waals surface area contributed by atoms with Gasteiger partial charge >= 0.3 is 0 Å². The molecule has 1 atom stereocenters. The van der Waals surface area contributed by atoms with E-state index in [0.29, 0.717) is 18.0 Å². The molecule has 0 unspecified atom stereocenters. The molecule has 2 amide bonds. The highest BCUT2D eigenvalue weighted by atomic mass is 35.5. The summed E-state index contributed by atoms with van der Waals surface area (Å²) in [4.78, 5) is 29.5. The van der Waals surface area contributed by atoms with Crippen LogP contribution in [0.15, 0.2) is 72.8 Å². The molecule has 1 fully saturated rings. The summed E-state index contributed by atoms with van der Waals surface area (Å²) in [6.45, 7) is 4.38. The third-order valence-electron chi connectivity index (χ3n) is 7.06. The maximum absolute atomic E-state index is 14.0. The Bertz CT molecular complexity index is 1190. The average molecular weight is 503 g/mol. The van der Waals surface area contributed by atoms with E-state index >= 15 is 0 Å². The molecule has 0 bridgehead atoms. The first-order valence-electron chi connectivity index (χ1n) is 12.8. The van der Waals surface area contributed by atoms with Crippen LogP contribution in [0.2, 0.25) is 5.02 Å². The SMILES string of the molecule is Cc1ccc(C)c(CC(=O)N(Cc2cccc(Cl)c2)[C@@H](Cc2ccccc2)C(=O)NC2CCCC2)c1. The number of rotatable bonds is 9. The van der Waals surface area contributed by atoms with E-state index in [-0.39, 0.29) is 24.3 Å². The fourth-order valence-corrected chi connectivity index (χ4v) is 5.22. The fraction of sp³-hybridized carbons (Fsp3) is 0.355. The monoisotopic (exact) mass is 502 g/mol. The lowest BCUT2D eigenvalue weighted by Gasteiger charge is -2.32. The van der Waals surface area contributed by atoms with Crippen LogP contribution in [0, 0.1) is 13.8 Å². The van der Waals surface area contributed by atoms with E-state index in [1.54, 1.807) is 4.90 Å². The Morgan fingerprint density at radius 1 is 0.944 bits per heavy atom. The minimum absolute atomic E-state index is 0.0637. The second-order valence-corrected chi connectivity index (χ2v) is 10.4. The van der Waals surface area contributed by atoms with Crippen molar-refractivity contribution in [3.05, 3.63) is 106 Å². The van der Waals surface area contributed by atoms with Crippen molar-refractivity contribution >= 4 is 23.4 Å². The minimum atomic E-state index is -0.621. The molecule has 4 nitrogen and oxygen atoms in total. The van der Waals surface area contributed by atoms with Crippen molar-refractivity contribution in [3.63, 3.8) is 0 Å². The second kappa shape index (κ2) is 12.2. The predicted molar refractivity (Wildman–Crippen MR) is 146 cm³/mol. The Balaban J connectivity index is 1.68. The number of hydrogen-bond acceptors (Lipinski definition) is 2. The molecule has 3 aromatic rings. The van der Waals surface area contributed by atoms with Gasteiger partial charge in [-0.2, -0.15) is 0 Å². The summed E-state index contributed by atoms with van der Waals surface area (Å²) in [6.07, 6.45) is 4.95. The molecule has 1 aliphatic rings. The molecule has 3 aromatic carbocycles. The molecule has 0 heterocycles. The molecule has 0 radical (unpaired) electrons. The molecular formula is C31H35ClN2O2. The van der Waals surface area contributed by atoms with Gasteiger partial charge in [-0.1, -0.05) is 90.7 Å². The molecule has 0 aliphatic heterocycles. The van der Waals surface area contributed by atoms with Crippen LogP contribution in [-0.4, -0.2) is 28.8 Å². The number of carbonyl (C=O) groups is 2. The van der Waals surface area contributed by atoms with Crippen molar-refractivity contribution in [2.75, 3.05) is 0 Å². The zero-order valence-electron chi connectivity index (χ0n) is 21.2. The first-order chi connectivity index (χ1) is 17.4. The van der Waals surface area contributed by atoms with Crippen molar-refractivity contribution in [2.24, 2.45) is 0 Å². The molecular weight excluding hydrogens is 468 g/mol. The average Bonchev–Trinajstić information content (AvgIpc) is 3.37. The molecule has 1 N–H and O–H groups in total. The molecule has 36 heavy (non-hydrogen) atoms. The summed E-state index contributed by atoms with van der Waals surface area (Å²) in [5.74, 6) is -0.145. The number of aryl methyl sites for hydroxylation is 2. The van der Waals surface area contributed by atoms with Crippen molar-refractivity contribution in [2.45, 2.75) is 71.0 Å². The smallest absolute Gasteiger partial charge is 0.243 e. The minimum Gasteiger partial charge on any atom is -0.352 e. The van der Waals surface area contributed by atoms with Gasteiger partial charge in [0.2, 0.25) is 11.8 Å². The van der Waals surface area contributed by atoms with Crippen LogP contribution in [0.1, 0.15) is 53.5 Å². The van der Waals surface area contributed by atoms with Crippen LogP contribution in [0.25, 0.3) is 0 Å². The maximum atomic E-state index is 14.0. The van der Waals surface area contributed by atoms with Crippen LogP contribution >= 0.6 is 11.6 Å². The quantitative estimate of drug-likeness (QED) is 0.379. The van der Waals surface area contributed by atoms with Crippen LogP contribution in [0.3, 0.4) is 0 Å². The summed E-state index contributed by atoms with van der Waals surface area (Å²) in [5.41, 5.74) is 5.12. The van der Waals surface area contributed by atoms with E-state index in [2.05, 4.69) is 17.4 Å². The third kappa shape index (κ3) is 6.98. The summed E-state index contributed by atoms with van der Waals surface area (Å²) in [7, 11) is 0. The van der Waals surface area contributed by atoms with Crippen LogP contribution in [0.5, 0.6) is 0 Å². The number of halogens is 1. The zero-order chi connectivity index (χ0) is 25.5. The number of benzene rings is 3. The van der Waals surface area contributed by atoms with E-state index < -0.39 is 6.04 Å². The highest BCUT2D eigenvalue weighted by Gasteiger charge is 2.32. The third-order valence-corrected chi connectivity index (χ3v) is 7.30. The largest absolute Gasteiger partial charge is 0.352 e. The predicted octanol–water partition coefficient (Wildman–Crippen LogP) is 6.20. The van der Waals surface area contributed by atoms with Crippen LogP contribution in [-0.2, 0) is 29.0 Å². The fourth-order valence-electron chi connectivity index (χ4n) is 5.01. The molecule has 0 saturated heterocycles. The highest BCUT2D eigenvalue weighted by Crippen LogP contribution is 2.22. The van der Waals surface area contributed by atoms with Crippen molar-refractivity contribution in [3.8, 4) is 0 Å². The van der Waals surface area contributed by atoms with Gasteiger partial charge in [0.25, 0.3) is 0 Å². The van der Waals surface area contributed by atoms with Gasteiger partial charge in [0.05, 0.1) is 6.42 Å². The van der Waals surface area contributed by atoms with Crippen molar-refractivity contribution in [1.29, 1.82) is 0 Å². The topological polar surface area (TPSA) is 49.4 Å². The van der Waals surface area contributed by atoms with Gasteiger partial charge in [0, 0.05) is 24.0 Å². The number of carbonyl (C=O) groups excluding carboxylic acids is 2. The van der Waals surface area contributed by atoms with Gasteiger partial charge in [0.1, 0.15) is 6.04 Å². The zero-order valence-corrected chi connectivity index (χ0v) is 21.9. The molecule has 188 valence electrons. The van der Waals surface area contributed by atoms with Gasteiger partial charge < -0.3 is 10.2 Å². The Morgan fingerprint density at radius 3 is 2.39 bits per heavy atom. The van der Waals surface area contributed by atoms with Crippen molar-refractivity contribution in [1.82, 2.24) is 10.2 Å². The van der Waals surface area contributed by atoms with Crippen LogP contribution < -0.4 is 5.32 Å². The second-order valence-electron chi connectivity index (χ2n) is 9.95. The van der Waals surface area contributed by atoms with Gasteiger partial charge in [-0.05, 0) is 61.1 Å². The first-order valence-corrected chi connectivity index (χ1v) is 13.2. The molecule has 0 spiro atoms. The number of amides is 2. The molecule has 1 saturated carbocycles. The van der Waals surface area contributed by atoms with E-state index in [1.807, 2.05) is 74.5 Å². The lowest BCUT2D eigenvalue weighted by atomic mass is 9.99. The Morgan fingerprint density at radius 2 is 1.67 bits per heavy atom. The van der Waals surface area contributed by atoms with E-state index in [9.17, 15) is 9.59 Å². The summed E-state index contributed by atoms with van der Waals surface area (Å²) < 4.78 is 0.